The maximum atomic E-state index is 11.2. The number of aliphatic carboxylic acids is 1. The van der Waals surface area contributed by atoms with Gasteiger partial charge in [-0.1, -0.05) is 19.8 Å². The largest absolute Gasteiger partial charge is 0.481 e. The first-order valence-electron chi connectivity index (χ1n) is 6.95. The SMILES string of the molecule is CC1(C(C)(CC(=O)O)N2CCCCCC2)CC1. The van der Waals surface area contributed by atoms with Gasteiger partial charge in [0.2, 0.25) is 0 Å². The van der Waals surface area contributed by atoms with Gasteiger partial charge in [-0.25, -0.2) is 0 Å². The Labute approximate surface area is 104 Å². The molecule has 0 aromatic heterocycles. The van der Waals surface area contributed by atoms with E-state index < -0.39 is 5.97 Å². The smallest absolute Gasteiger partial charge is 0.305 e. The fourth-order valence-electron chi connectivity index (χ4n) is 3.29. The van der Waals surface area contributed by atoms with E-state index in [9.17, 15) is 9.90 Å². The van der Waals surface area contributed by atoms with E-state index in [2.05, 4.69) is 18.7 Å². The average Bonchev–Trinajstić information content (AvgIpc) is 3.01. The Balaban J connectivity index is 2.16. The van der Waals surface area contributed by atoms with Crippen LogP contribution in [0, 0.1) is 5.41 Å². The predicted octanol–water partition coefficient (Wildman–Crippen LogP) is 2.90. The number of carboxylic acid groups (broad SMARTS) is 1. The number of nitrogens with zero attached hydrogens (tertiary/aromatic N) is 1. The van der Waals surface area contributed by atoms with E-state index in [4.69, 9.17) is 0 Å². The fourth-order valence-corrected chi connectivity index (χ4v) is 3.29. The van der Waals surface area contributed by atoms with Crippen molar-refractivity contribution in [3.05, 3.63) is 0 Å². The molecular weight excluding hydrogens is 214 g/mol. The summed E-state index contributed by atoms with van der Waals surface area (Å²) in [4.78, 5) is 13.7. The van der Waals surface area contributed by atoms with Crippen LogP contribution in [0.1, 0.15) is 58.8 Å². The molecule has 0 aromatic rings. The number of hydrogen-bond donors (Lipinski definition) is 1. The Morgan fingerprint density at radius 1 is 1.24 bits per heavy atom. The van der Waals surface area contributed by atoms with Gasteiger partial charge in [0.15, 0.2) is 0 Å². The van der Waals surface area contributed by atoms with Crippen molar-refractivity contribution in [3.63, 3.8) is 0 Å². The fraction of sp³-hybridized carbons (Fsp3) is 0.929. The molecular formula is C14H25NO2. The van der Waals surface area contributed by atoms with E-state index in [1.54, 1.807) is 0 Å². The summed E-state index contributed by atoms with van der Waals surface area (Å²) in [6.45, 7) is 6.61. The third-order valence-electron chi connectivity index (χ3n) is 5.10. The molecule has 17 heavy (non-hydrogen) atoms. The van der Waals surface area contributed by atoms with Crippen molar-refractivity contribution in [2.45, 2.75) is 64.3 Å². The third kappa shape index (κ3) is 2.49. The molecule has 0 aromatic carbocycles. The van der Waals surface area contributed by atoms with Gasteiger partial charge >= 0.3 is 5.97 Å². The summed E-state index contributed by atoms with van der Waals surface area (Å²) < 4.78 is 0. The van der Waals surface area contributed by atoms with Crippen LogP contribution in [0.4, 0.5) is 0 Å². The Bertz CT molecular complexity index is 291. The molecule has 1 N–H and O–H groups in total. The summed E-state index contributed by atoms with van der Waals surface area (Å²) in [7, 11) is 0. The lowest BCUT2D eigenvalue weighted by atomic mass is 9.79. The third-order valence-corrected chi connectivity index (χ3v) is 5.10. The first kappa shape index (κ1) is 12.9. The predicted molar refractivity (Wildman–Crippen MR) is 68.0 cm³/mol. The first-order valence-corrected chi connectivity index (χ1v) is 6.95. The Hall–Kier alpha value is -0.570. The summed E-state index contributed by atoms with van der Waals surface area (Å²) in [6.07, 6.45) is 7.73. The second-order valence-corrected chi connectivity index (χ2v) is 6.31. The molecule has 3 heteroatoms. The molecule has 1 unspecified atom stereocenters. The van der Waals surface area contributed by atoms with Gasteiger partial charge in [0.05, 0.1) is 6.42 Å². The van der Waals surface area contributed by atoms with E-state index >= 15 is 0 Å². The van der Waals surface area contributed by atoms with Crippen LogP contribution in [0.3, 0.4) is 0 Å². The van der Waals surface area contributed by atoms with Crippen LogP contribution < -0.4 is 0 Å². The number of hydrogen-bond acceptors (Lipinski definition) is 2. The highest BCUT2D eigenvalue weighted by atomic mass is 16.4. The average molecular weight is 239 g/mol. The zero-order valence-corrected chi connectivity index (χ0v) is 11.2. The van der Waals surface area contributed by atoms with Gasteiger partial charge in [-0.2, -0.15) is 0 Å². The Morgan fingerprint density at radius 2 is 1.76 bits per heavy atom. The highest BCUT2D eigenvalue weighted by Crippen LogP contribution is 2.57. The highest BCUT2D eigenvalue weighted by Gasteiger charge is 2.56. The minimum Gasteiger partial charge on any atom is -0.481 e. The number of rotatable bonds is 4. The molecule has 0 amide bonds. The van der Waals surface area contributed by atoms with E-state index in [1.807, 2.05) is 0 Å². The highest BCUT2D eigenvalue weighted by molar-refractivity contribution is 5.68. The van der Waals surface area contributed by atoms with Crippen LogP contribution >= 0.6 is 0 Å². The van der Waals surface area contributed by atoms with Gasteiger partial charge in [-0.3, -0.25) is 9.69 Å². The van der Waals surface area contributed by atoms with E-state index in [0.717, 1.165) is 13.1 Å². The quantitative estimate of drug-likeness (QED) is 0.820. The van der Waals surface area contributed by atoms with Crippen molar-refractivity contribution in [2.75, 3.05) is 13.1 Å². The lowest BCUT2D eigenvalue weighted by Gasteiger charge is -2.45. The second kappa shape index (κ2) is 4.60. The lowest BCUT2D eigenvalue weighted by Crippen LogP contribution is -2.53. The molecule has 1 saturated carbocycles. The van der Waals surface area contributed by atoms with Crippen molar-refractivity contribution in [2.24, 2.45) is 5.41 Å². The van der Waals surface area contributed by atoms with Crippen molar-refractivity contribution in [3.8, 4) is 0 Å². The van der Waals surface area contributed by atoms with Crippen LogP contribution in [-0.2, 0) is 4.79 Å². The van der Waals surface area contributed by atoms with Gasteiger partial charge in [0.1, 0.15) is 0 Å². The molecule has 1 atom stereocenters. The van der Waals surface area contributed by atoms with Gasteiger partial charge in [-0.15, -0.1) is 0 Å². The Morgan fingerprint density at radius 3 is 2.18 bits per heavy atom. The van der Waals surface area contributed by atoms with Crippen LogP contribution in [0.5, 0.6) is 0 Å². The molecule has 3 nitrogen and oxygen atoms in total. The van der Waals surface area contributed by atoms with Crippen LogP contribution in [-0.4, -0.2) is 34.6 Å². The zero-order chi connectivity index (χ0) is 12.5. The molecule has 98 valence electrons. The number of likely N-dealkylation sites (tertiary alicyclic amines) is 1. The van der Waals surface area contributed by atoms with Crippen LogP contribution in [0.25, 0.3) is 0 Å². The van der Waals surface area contributed by atoms with Gasteiger partial charge in [0.25, 0.3) is 0 Å². The minimum absolute atomic E-state index is 0.136. The number of carbonyl (C=O) groups is 1. The molecule has 1 aliphatic heterocycles. The summed E-state index contributed by atoms with van der Waals surface area (Å²) in [5.41, 5.74) is 0.0961. The van der Waals surface area contributed by atoms with E-state index in [1.165, 1.54) is 38.5 Å². The van der Waals surface area contributed by atoms with E-state index in [-0.39, 0.29) is 11.0 Å². The van der Waals surface area contributed by atoms with Crippen molar-refractivity contribution in [1.29, 1.82) is 0 Å². The van der Waals surface area contributed by atoms with Crippen molar-refractivity contribution in [1.82, 2.24) is 4.90 Å². The maximum Gasteiger partial charge on any atom is 0.305 e. The van der Waals surface area contributed by atoms with Gasteiger partial charge in [0, 0.05) is 5.54 Å². The normalized spacial score (nSPS) is 28.1. The summed E-state index contributed by atoms with van der Waals surface area (Å²) in [5, 5.41) is 9.21. The molecule has 2 aliphatic rings. The minimum atomic E-state index is -0.648. The molecule has 0 radical (unpaired) electrons. The van der Waals surface area contributed by atoms with Gasteiger partial charge < -0.3 is 5.11 Å². The van der Waals surface area contributed by atoms with E-state index in [0.29, 0.717) is 6.42 Å². The first-order chi connectivity index (χ1) is 7.98. The molecule has 2 fully saturated rings. The van der Waals surface area contributed by atoms with Crippen molar-refractivity contribution < 1.29 is 9.90 Å². The summed E-state index contributed by atoms with van der Waals surface area (Å²) in [6, 6.07) is 0. The standard InChI is InChI=1S/C14H25NO2/c1-13(7-8-13)14(2,11-12(16)17)15-9-5-3-4-6-10-15/h3-11H2,1-2H3,(H,16,17). The topological polar surface area (TPSA) is 40.5 Å². The van der Waals surface area contributed by atoms with Gasteiger partial charge in [-0.05, 0) is 51.1 Å². The van der Waals surface area contributed by atoms with Crippen molar-refractivity contribution >= 4 is 5.97 Å². The molecule has 2 rings (SSSR count). The molecule has 0 bridgehead atoms. The van der Waals surface area contributed by atoms with Crippen LogP contribution in [0.15, 0.2) is 0 Å². The lowest BCUT2D eigenvalue weighted by molar-refractivity contribution is -0.141. The number of carboxylic acids is 1. The Kier molecular flexibility index (Phi) is 3.48. The molecule has 0 spiro atoms. The summed E-state index contributed by atoms with van der Waals surface area (Å²) in [5.74, 6) is -0.648. The molecule has 1 heterocycles. The summed E-state index contributed by atoms with van der Waals surface area (Å²) >= 11 is 0. The molecule has 1 saturated heterocycles. The molecule has 1 aliphatic carbocycles. The maximum absolute atomic E-state index is 11.2. The monoisotopic (exact) mass is 239 g/mol. The zero-order valence-electron chi connectivity index (χ0n) is 11.2. The second-order valence-electron chi connectivity index (χ2n) is 6.31. The van der Waals surface area contributed by atoms with Crippen LogP contribution in [0.2, 0.25) is 0 Å².